The first-order chi connectivity index (χ1) is 10.7. The maximum absolute atomic E-state index is 12.6. The van der Waals surface area contributed by atoms with Crippen LogP contribution >= 0.6 is 11.6 Å². The molecule has 0 bridgehead atoms. The first-order valence-corrected chi connectivity index (χ1v) is 7.97. The van der Waals surface area contributed by atoms with Gasteiger partial charge in [0, 0.05) is 6.07 Å². The highest BCUT2D eigenvalue weighted by Crippen LogP contribution is 2.59. The summed E-state index contributed by atoms with van der Waals surface area (Å²) in [5.41, 5.74) is 1.75. The highest BCUT2D eigenvalue weighted by Gasteiger charge is 2.60. The lowest BCUT2D eigenvalue weighted by Crippen LogP contribution is -2.17. The van der Waals surface area contributed by atoms with Gasteiger partial charge in [-0.2, -0.15) is 0 Å². The maximum atomic E-state index is 12.6. The van der Waals surface area contributed by atoms with Crippen LogP contribution in [0, 0.1) is 17.3 Å². The van der Waals surface area contributed by atoms with Crippen molar-refractivity contribution in [1.29, 1.82) is 0 Å². The van der Waals surface area contributed by atoms with Crippen molar-refractivity contribution in [3.63, 3.8) is 0 Å². The lowest BCUT2D eigenvalue weighted by molar-refractivity contribution is -0.118. The molecule has 23 heavy (non-hydrogen) atoms. The Bertz CT molecular complexity index is 648. The molecule has 0 radical (unpaired) electrons. The Kier molecular flexibility index (Phi) is 4.95. The summed E-state index contributed by atoms with van der Waals surface area (Å²) in [6, 6.07) is 3.33. The van der Waals surface area contributed by atoms with E-state index < -0.39 is 0 Å². The van der Waals surface area contributed by atoms with Gasteiger partial charge in [0.15, 0.2) is 0 Å². The Morgan fingerprint density at radius 2 is 1.83 bits per heavy atom. The van der Waals surface area contributed by atoms with Crippen LogP contribution in [0.3, 0.4) is 0 Å². The van der Waals surface area contributed by atoms with E-state index in [1.54, 1.807) is 19.2 Å². The van der Waals surface area contributed by atoms with Crippen molar-refractivity contribution in [2.75, 3.05) is 19.5 Å². The maximum Gasteiger partial charge on any atom is 0.228 e. The van der Waals surface area contributed by atoms with E-state index in [0.717, 1.165) is 0 Å². The van der Waals surface area contributed by atoms with Gasteiger partial charge in [-0.1, -0.05) is 37.1 Å². The lowest BCUT2D eigenvalue weighted by atomic mass is 10.1. The Hall–Kier alpha value is -1.68. The zero-order chi connectivity index (χ0) is 17.4. The Balaban J connectivity index is 2.21. The summed E-state index contributed by atoms with van der Waals surface area (Å²) >= 11 is 6.15. The number of hydrogen-bond acceptors (Lipinski definition) is 3. The van der Waals surface area contributed by atoms with E-state index >= 15 is 0 Å². The number of halogens is 1. The minimum Gasteiger partial charge on any atom is -0.495 e. The van der Waals surface area contributed by atoms with Crippen molar-refractivity contribution in [1.82, 2.24) is 0 Å². The van der Waals surface area contributed by atoms with Crippen LogP contribution in [0.25, 0.3) is 0 Å². The number of amides is 1. The molecule has 2 unspecified atom stereocenters. The van der Waals surface area contributed by atoms with Crippen LogP contribution in [0.5, 0.6) is 11.5 Å². The number of methoxy groups -OCH3 is 2. The van der Waals surface area contributed by atoms with Gasteiger partial charge in [-0.15, -0.1) is 0 Å². The molecule has 1 aromatic carbocycles. The number of anilines is 1. The number of carbonyl (C=O) groups is 1. The second-order valence-corrected chi connectivity index (χ2v) is 7.15. The normalized spacial score (nSPS) is 21.3. The summed E-state index contributed by atoms with van der Waals surface area (Å²) in [5, 5.41) is 3.37. The Morgan fingerprint density at radius 3 is 2.35 bits per heavy atom. The van der Waals surface area contributed by atoms with E-state index in [4.69, 9.17) is 21.1 Å². The number of nitrogens with one attached hydrogen (secondary N) is 1. The first-order valence-electron chi connectivity index (χ1n) is 7.59. The predicted molar refractivity (Wildman–Crippen MR) is 93.4 cm³/mol. The van der Waals surface area contributed by atoms with Gasteiger partial charge in [0.1, 0.15) is 11.5 Å². The zero-order valence-electron chi connectivity index (χ0n) is 14.5. The van der Waals surface area contributed by atoms with Crippen molar-refractivity contribution in [2.24, 2.45) is 17.3 Å². The molecule has 4 nitrogen and oxygen atoms in total. The van der Waals surface area contributed by atoms with E-state index in [1.807, 2.05) is 0 Å². The fraction of sp³-hybridized carbons (Fsp3) is 0.500. The van der Waals surface area contributed by atoms with Gasteiger partial charge < -0.3 is 14.8 Å². The average molecular weight is 338 g/mol. The van der Waals surface area contributed by atoms with Gasteiger partial charge >= 0.3 is 0 Å². The number of allylic oxidation sites excluding steroid dienone is 2. The van der Waals surface area contributed by atoms with Gasteiger partial charge in [0.25, 0.3) is 0 Å². The molecular formula is C18H24ClNO3. The summed E-state index contributed by atoms with van der Waals surface area (Å²) in [7, 11) is 3.08. The molecule has 0 aromatic heterocycles. The smallest absolute Gasteiger partial charge is 0.228 e. The monoisotopic (exact) mass is 337 g/mol. The third-order valence-corrected chi connectivity index (χ3v) is 4.73. The molecule has 1 saturated carbocycles. The van der Waals surface area contributed by atoms with E-state index in [0.29, 0.717) is 22.2 Å². The molecule has 126 valence electrons. The van der Waals surface area contributed by atoms with E-state index in [9.17, 15) is 4.79 Å². The highest BCUT2D eigenvalue weighted by molar-refractivity contribution is 6.32. The standard InChI is InChI=1S/C18H24ClNO3/c1-10(2)7-11-16(18(11,3)4)17(21)20-13-8-12(19)14(22-5)9-15(13)23-6/h7-9,11,16H,1-6H3,(H,20,21). The average Bonchev–Trinajstić information content (AvgIpc) is 2.99. The van der Waals surface area contributed by atoms with E-state index in [1.165, 1.54) is 12.7 Å². The molecule has 1 aliphatic carbocycles. The van der Waals surface area contributed by atoms with Crippen LogP contribution in [-0.4, -0.2) is 20.1 Å². The molecule has 0 saturated heterocycles. The third kappa shape index (κ3) is 3.47. The zero-order valence-corrected chi connectivity index (χ0v) is 15.2. The highest BCUT2D eigenvalue weighted by atomic mass is 35.5. The Morgan fingerprint density at radius 1 is 1.22 bits per heavy atom. The minimum absolute atomic E-state index is 0.0166. The van der Waals surface area contributed by atoms with Crippen molar-refractivity contribution >= 4 is 23.2 Å². The molecule has 1 aliphatic rings. The van der Waals surface area contributed by atoms with E-state index in [-0.39, 0.29) is 23.2 Å². The number of ether oxygens (including phenoxy) is 2. The van der Waals surface area contributed by atoms with Crippen LogP contribution in [0.2, 0.25) is 5.02 Å². The van der Waals surface area contributed by atoms with Crippen LogP contribution < -0.4 is 14.8 Å². The molecule has 1 aromatic rings. The second kappa shape index (κ2) is 6.44. The molecule has 1 amide bonds. The Labute approximate surface area is 142 Å². The molecule has 0 aliphatic heterocycles. The van der Waals surface area contributed by atoms with Crippen LogP contribution in [0.1, 0.15) is 27.7 Å². The summed E-state index contributed by atoms with van der Waals surface area (Å²) in [4.78, 5) is 12.6. The molecule has 0 heterocycles. The van der Waals surface area contributed by atoms with Gasteiger partial charge in [0.05, 0.1) is 30.8 Å². The quantitative estimate of drug-likeness (QED) is 0.803. The summed E-state index contributed by atoms with van der Waals surface area (Å²) in [6.45, 7) is 8.32. The number of rotatable bonds is 5. The first kappa shape index (κ1) is 17.7. The van der Waals surface area contributed by atoms with Crippen molar-refractivity contribution in [3.8, 4) is 11.5 Å². The van der Waals surface area contributed by atoms with Crippen LogP contribution in [-0.2, 0) is 4.79 Å². The van der Waals surface area contributed by atoms with Crippen molar-refractivity contribution in [3.05, 3.63) is 28.8 Å². The van der Waals surface area contributed by atoms with Crippen molar-refractivity contribution < 1.29 is 14.3 Å². The lowest BCUT2D eigenvalue weighted by Gasteiger charge is -2.13. The minimum atomic E-state index is -0.0528. The molecule has 2 rings (SSSR count). The van der Waals surface area contributed by atoms with Gasteiger partial charge in [-0.05, 0) is 31.2 Å². The molecular weight excluding hydrogens is 314 g/mol. The fourth-order valence-corrected chi connectivity index (χ4v) is 3.26. The van der Waals surface area contributed by atoms with Crippen molar-refractivity contribution in [2.45, 2.75) is 27.7 Å². The van der Waals surface area contributed by atoms with Crippen LogP contribution in [0.15, 0.2) is 23.8 Å². The fourth-order valence-electron chi connectivity index (χ4n) is 3.02. The number of benzene rings is 1. The van der Waals surface area contributed by atoms with Crippen LogP contribution in [0.4, 0.5) is 5.69 Å². The summed E-state index contributed by atoms with van der Waals surface area (Å²) in [5.74, 6) is 1.22. The summed E-state index contributed by atoms with van der Waals surface area (Å²) in [6.07, 6.45) is 2.17. The number of hydrogen-bond donors (Lipinski definition) is 1. The predicted octanol–water partition coefficient (Wildman–Crippen LogP) is 4.53. The molecule has 0 spiro atoms. The largest absolute Gasteiger partial charge is 0.495 e. The number of carbonyl (C=O) groups excluding carboxylic acids is 1. The molecule has 1 fully saturated rings. The summed E-state index contributed by atoms with van der Waals surface area (Å²) < 4.78 is 10.5. The molecule has 5 heteroatoms. The van der Waals surface area contributed by atoms with Gasteiger partial charge in [-0.25, -0.2) is 0 Å². The third-order valence-electron chi connectivity index (χ3n) is 4.44. The SMILES string of the molecule is COc1cc(OC)c(NC(=O)C2C(C=C(C)C)C2(C)C)cc1Cl. The topological polar surface area (TPSA) is 47.6 Å². The molecule has 1 N–H and O–H groups in total. The van der Waals surface area contributed by atoms with E-state index in [2.05, 4.69) is 39.1 Å². The molecule has 2 atom stereocenters. The second-order valence-electron chi connectivity index (χ2n) is 6.75. The van der Waals surface area contributed by atoms with Gasteiger partial charge in [-0.3, -0.25) is 4.79 Å². The van der Waals surface area contributed by atoms with Gasteiger partial charge in [0.2, 0.25) is 5.91 Å².